The Labute approximate surface area is 153 Å². The molecule has 3 heterocycles. The van der Waals surface area contributed by atoms with E-state index in [9.17, 15) is 9.59 Å². The van der Waals surface area contributed by atoms with E-state index in [4.69, 9.17) is 9.40 Å². The van der Waals surface area contributed by atoms with Gasteiger partial charge in [0, 0.05) is 4.88 Å². The molecule has 5 nitrogen and oxygen atoms in total. The molecule has 3 aromatic rings. The molecule has 4 rings (SSSR count). The summed E-state index contributed by atoms with van der Waals surface area (Å²) in [6, 6.07) is 3.65. The summed E-state index contributed by atoms with van der Waals surface area (Å²) in [5, 5.41) is 1.35. The highest BCUT2D eigenvalue weighted by Crippen LogP contribution is 2.34. The zero-order chi connectivity index (χ0) is 17.4. The summed E-state index contributed by atoms with van der Waals surface area (Å²) >= 11 is 2.95. The van der Waals surface area contributed by atoms with Gasteiger partial charge in [-0.05, 0) is 50.3 Å². The quantitative estimate of drug-likeness (QED) is 0.504. The smallest absolute Gasteiger partial charge is 0.263 e. The topological polar surface area (TPSA) is 65.1 Å². The van der Waals surface area contributed by atoms with Gasteiger partial charge in [-0.1, -0.05) is 11.8 Å². The van der Waals surface area contributed by atoms with Gasteiger partial charge in [-0.15, -0.1) is 11.3 Å². The van der Waals surface area contributed by atoms with Crippen LogP contribution in [-0.4, -0.2) is 21.1 Å². The average Bonchev–Trinajstić information content (AvgIpc) is 3.22. The molecular formula is C18H18N2O3S2. The van der Waals surface area contributed by atoms with Crippen LogP contribution in [0.1, 0.15) is 36.0 Å². The van der Waals surface area contributed by atoms with Crippen molar-refractivity contribution in [1.82, 2.24) is 9.55 Å². The SMILES string of the molecule is CC(=O)CSc1nc2sc3c(c2c(=O)n1Cc1ccco1)CCCC3. The second kappa shape index (κ2) is 6.80. The maximum atomic E-state index is 13.2. The van der Waals surface area contributed by atoms with E-state index >= 15 is 0 Å². The number of Topliss-reactive ketones (excluding diaryl/α,β-unsaturated/α-hetero) is 1. The van der Waals surface area contributed by atoms with E-state index in [1.165, 1.54) is 28.6 Å². The first-order valence-electron chi connectivity index (χ1n) is 8.33. The van der Waals surface area contributed by atoms with Gasteiger partial charge in [-0.25, -0.2) is 4.98 Å². The molecule has 0 bridgehead atoms. The normalized spacial score (nSPS) is 14.0. The van der Waals surface area contributed by atoms with Crippen LogP contribution in [0.15, 0.2) is 32.8 Å². The van der Waals surface area contributed by atoms with Gasteiger partial charge < -0.3 is 4.42 Å². The molecule has 0 N–H and O–H groups in total. The minimum absolute atomic E-state index is 0.0214. The highest BCUT2D eigenvalue weighted by atomic mass is 32.2. The highest BCUT2D eigenvalue weighted by Gasteiger charge is 2.22. The number of ketones is 1. The van der Waals surface area contributed by atoms with Crippen LogP contribution < -0.4 is 5.56 Å². The highest BCUT2D eigenvalue weighted by molar-refractivity contribution is 7.99. The Hall–Kier alpha value is -1.86. The number of hydrogen-bond donors (Lipinski definition) is 0. The first-order chi connectivity index (χ1) is 12.1. The number of aromatic nitrogens is 2. The number of fused-ring (bicyclic) bond motifs is 3. The summed E-state index contributed by atoms with van der Waals surface area (Å²) in [6.45, 7) is 1.88. The lowest BCUT2D eigenvalue weighted by molar-refractivity contribution is -0.114. The second-order valence-corrected chi connectivity index (χ2v) is 8.27. The Bertz CT molecular complexity index is 986. The Morgan fingerprint density at radius 3 is 3.00 bits per heavy atom. The molecule has 7 heteroatoms. The van der Waals surface area contributed by atoms with Crippen LogP contribution in [0, 0.1) is 0 Å². The predicted octanol–water partition coefficient (Wildman–Crippen LogP) is 3.66. The number of thiophene rings is 1. The largest absolute Gasteiger partial charge is 0.467 e. The third-order valence-electron chi connectivity index (χ3n) is 4.34. The van der Waals surface area contributed by atoms with Crippen molar-refractivity contribution >= 4 is 39.1 Å². The minimum Gasteiger partial charge on any atom is -0.467 e. The van der Waals surface area contributed by atoms with Crippen molar-refractivity contribution in [2.24, 2.45) is 0 Å². The number of carbonyl (C=O) groups is 1. The zero-order valence-electron chi connectivity index (χ0n) is 13.9. The molecule has 0 unspecified atom stereocenters. The number of hydrogen-bond acceptors (Lipinski definition) is 6. The third kappa shape index (κ3) is 3.18. The van der Waals surface area contributed by atoms with Gasteiger partial charge in [-0.3, -0.25) is 14.2 Å². The predicted molar refractivity (Wildman–Crippen MR) is 99.7 cm³/mol. The maximum absolute atomic E-state index is 13.2. The summed E-state index contributed by atoms with van der Waals surface area (Å²) in [6.07, 6.45) is 5.88. The minimum atomic E-state index is -0.0214. The van der Waals surface area contributed by atoms with E-state index in [0.717, 1.165) is 29.5 Å². The summed E-state index contributed by atoms with van der Waals surface area (Å²) in [4.78, 5) is 31.5. The van der Waals surface area contributed by atoms with Crippen molar-refractivity contribution < 1.29 is 9.21 Å². The molecule has 25 heavy (non-hydrogen) atoms. The molecule has 0 atom stereocenters. The maximum Gasteiger partial charge on any atom is 0.263 e. The van der Waals surface area contributed by atoms with Gasteiger partial charge >= 0.3 is 0 Å². The number of rotatable bonds is 5. The number of aryl methyl sites for hydroxylation is 2. The monoisotopic (exact) mass is 374 g/mol. The van der Waals surface area contributed by atoms with Crippen LogP contribution in [0.4, 0.5) is 0 Å². The Kier molecular flexibility index (Phi) is 4.52. The van der Waals surface area contributed by atoms with Gasteiger partial charge in [0.2, 0.25) is 0 Å². The lowest BCUT2D eigenvalue weighted by Crippen LogP contribution is -2.24. The summed E-state index contributed by atoms with van der Waals surface area (Å²) in [5.74, 6) is 1.08. The van der Waals surface area contributed by atoms with E-state index in [0.29, 0.717) is 23.2 Å². The molecule has 0 saturated heterocycles. The van der Waals surface area contributed by atoms with Crippen LogP contribution in [-0.2, 0) is 24.2 Å². The summed E-state index contributed by atoms with van der Waals surface area (Å²) < 4.78 is 7.07. The molecule has 0 aliphatic heterocycles. The van der Waals surface area contributed by atoms with E-state index in [1.54, 1.807) is 35.2 Å². The molecular weight excluding hydrogens is 356 g/mol. The third-order valence-corrected chi connectivity index (χ3v) is 6.64. The first kappa shape index (κ1) is 16.6. The Balaban J connectivity index is 1.88. The van der Waals surface area contributed by atoms with Crippen molar-refractivity contribution in [3.8, 4) is 0 Å². The van der Waals surface area contributed by atoms with Gasteiger partial charge in [0.15, 0.2) is 5.16 Å². The van der Waals surface area contributed by atoms with E-state index < -0.39 is 0 Å². The number of carbonyl (C=O) groups excluding carboxylic acids is 1. The van der Waals surface area contributed by atoms with Crippen molar-refractivity contribution in [1.29, 1.82) is 0 Å². The van der Waals surface area contributed by atoms with Gasteiger partial charge in [-0.2, -0.15) is 0 Å². The van der Waals surface area contributed by atoms with Crippen molar-refractivity contribution in [2.75, 3.05) is 5.75 Å². The second-order valence-electron chi connectivity index (χ2n) is 6.25. The fraction of sp³-hybridized carbons (Fsp3) is 0.389. The van der Waals surface area contributed by atoms with Crippen molar-refractivity contribution in [3.05, 3.63) is 45.0 Å². The average molecular weight is 374 g/mol. The van der Waals surface area contributed by atoms with Crippen LogP contribution in [0.2, 0.25) is 0 Å². The Morgan fingerprint density at radius 2 is 2.24 bits per heavy atom. The zero-order valence-corrected chi connectivity index (χ0v) is 15.5. The molecule has 130 valence electrons. The van der Waals surface area contributed by atoms with E-state index in [-0.39, 0.29) is 11.3 Å². The van der Waals surface area contributed by atoms with Gasteiger partial charge in [0.25, 0.3) is 5.56 Å². The molecule has 0 aromatic carbocycles. The van der Waals surface area contributed by atoms with Gasteiger partial charge in [0.1, 0.15) is 16.4 Å². The molecule has 3 aromatic heterocycles. The number of nitrogens with zero attached hydrogens (tertiary/aromatic N) is 2. The molecule has 1 aliphatic carbocycles. The van der Waals surface area contributed by atoms with Crippen LogP contribution in [0.25, 0.3) is 10.2 Å². The van der Waals surface area contributed by atoms with Crippen LogP contribution >= 0.6 is 23.1 Å². The number of thioether (sulfide) groups is 1. The summed E-state index contributed by atoms with van der Waals surface area (Å²) in [5.41, 5.74) is 1.16. The Morgan fingerprint density at radius 1 is 1.40 bits per heavy atom. The molecule has 0 radical (unpaired) electrons. The van der Waals surface area contributed by atoms with Crippen LogP contribution in [0.5, 0.6) is 0 Å². The lowest BCUT2D eigenvalue weighted by atomic mass is 9.97. The lowest BCUT2D eigenvalue weighted by Gasteiger charge is -2.12. The molecule has 1 aliphatic rings. The number of furan rings is 1. The fourth-order valence-electron chi connectivity index (χ4n) is 3.19. The fourth-order valence-corrected chi connectivity index (χ4v) is 5.30. The first-order valence-corrected chi connectivity index (χ1v) is 10.1. The van der Waals surface area contributed by atoms with Crippen LogP contribution in [0.3, 0.4) is 0 Å². The standard InChI is InChI=1S/C18H18N2O3S2/c1-11(21)10-24-18-19-16-15(13-6-2-3-7-14(13)25-16)17(22)20(18)9-12-5-4-8-23-12/h4-5,8H,2-3,6-7,9-10H2,1H3. The van der Waals surface area contributed by atoms with Crippen molar-refractivity contribution in [2.45, 2.75) is 44.3 Å². The molecule has 0 fully saturated rings. The molecule has 0 saturated carbocycles. The molecule has 0 amide bonds. The van der Waals surface area contributed by atoms with E-state index in [2.05, 4.69) is 0 Å². The van der Waals surface area contributed by atoms with Gasteiger partial charge in [0.05, 0.1) is 23.9 Å². The summed E-state index contributed by atoms with van der Waals surface area (Å²) in [7, 11) is 0. The molecule has 0 spiro atoms. The van der Waals surface area contributed by atoms with Crippen molar-refractivity contribution in [3.63, 3.8) is 0 Å². The van der Waals surface area contributed by atoms with E-state index in [1.807, 2.05) is 6.07 Å².